The minimum Gasteiger partial charge on any atom is -0.238 e. The Balaban J connectivity index is 2.29. The highest BCUT2D eigenvalue weighted by Crippen LogP contribution is 2.19. The van der Waals surface area contributed by atoms with Gasteiger partial charge >= 0.3 is 0 Å². The molecule has 1 heterocycles. The zero-order valence-corrected chi connectivity index (χ0v) is 12.6. The Morgan fingerprint density at radius 1 is 0.850 bits per heavy atom. The first-order valence-corrected chi connectivity index (χ1v) is 7.75. The van der Waals surface area contributed by atoms with Gasteiger partial charge in [-0.15, -0.1) is 0 Å². The molecule has 0 aliphatic heterocycles. The van der Waals surface area contributed by atoms with E-state index in [0.717, 1.165) is 30.8 Å². The fraction of sp³-hybridized carbons (Fsp3) is 0.444. The van der Waals surface area contributed by atoms with Crippen LogP contribution in [0.3, 0.4) is 0 Å². The van der Waals surface area contributed by atoms with Crippen molar-refractivity contribution in [2.75, 3.05) is 0 Å². The van der Waals surface area contributed by atoms with E-state index >= 15 is 0 Å². The van der Waals surface area contributed by atoms with E-state index < -0.39 is 0 Å². The van der Waals surface area contributed by atoms with Crippen LogP contribution in [0.1, 0.15) is 51.0 Å². The minimum absolute atomic E-state index is 0.982. The molecule has 0 aliphatic carbocycles. The molecule has 0 saturated carbocycles. The predicted molar refractivity (Wildman–Crippen MR) is 84.7 cm³/mol. The maximum atomic E-state index is 4.74. The molecule has 0 atom stereocenters. The number of unbranched alkanes of at least 4 members (excludes halogenated alkanes) is 2. The topological polar surface area (TPSA) is 25.8 Å². The lowest BCUT2D eigenvalue weighted by Gasteiger charge is -2.08. The molecule has 2 nitrogen and oxygen atoms in total. The molecule has 0 radical (unpaired) electrons. The van der Waals surface area contributed by atoms with Crippen molar-refractivity contribution in [2.24, 2.45) is 0 Å². The molecule has 0 spiro atoms. The summed E-state index contributed by atoms with van der Waals surface area (Å²) in [6.07, 6.45) is 6.77. The number of hydrogen-bond acceptors (Lipinski definition) is 2. The van der Waals surface area contributed by atoms with E-state index in [1.54, 1.807) is 0 Å². The molecule has 0 fully saturated rings. The van der Waals surface area contributed by atoms with Crippen molar-refractivity contribution in [3.8, 4) is 11.3 Å². The van der Waals surface area contributed by atoms with E-state index in [1.165, 1.54) is 30.5 Å². The van der Waals surface area contributed by atoms with Crippen molar-refractivity contribution in [2.45, 2.75) is 52.4 Å². The molecule has 0 bridgehead atoms. The van der Waals surface area contributed by atoms with Gasteiger partial charge in [-0.05, 0) is 25.3 Å². The molecule has 106 valence electrons. The van der Waals surface area contributed by atoms with Crippen molar-refractivity contribution in [3.63, 3.8) is 0 Å². The molecule has 0 saturated heterocycles. The van der Waals surface area contributed by atoms with Gasteiger partial charge in [-0.2, -0.15) is 0 Å². The van der Waals surface area contributed by atoms with Crippen molar-refractivity contribution in [1.82, 2.24) is 9.97 Å². The van der Waals surface area contributed by atoms with Crippen LogP contribution >= 0.6 is 0 Å². The molecule has 0 amide bonds. The van der Waals surface area contributed by atoms with Crippen molar-refractivity contribution < 1.29 is 0 Å². The predicted octanol–water partition coefficient (Wildman–Crippen LogP) is 4.83. The Labute approximate surface area is 122 Å². The molecule has 1 aromatic carbocycles. The molecular formula is C18H24N2. The van der Waals surface area contributed by atoms with Crippen molar-refractivity contribution >= 4 is 0 Å². The van der Waals surface area contributed by atoms with E-state index in [0.29, 0.717) is 0 Å². The normalized spacial score (nSPS) is 10.7. The molecule has 2 rings (SSSR count). The SMILES string of the molecule is CCCCc1cc(-c2ccccc2)nc(CCCC)n1. The van der Waals surface area contributed by atoms with Gasteiger partial charge in [-0.25, -0.2) is 9.97 Å². The van der Waals surface area contributed by atoms with Gasteiger partial charge in [-0.1, -0.05) is 57.0 Å². The number of nitrogens with zero attached hydrogens (tertiary/aromatic N) is 2. The summed E-state index contributed by atoms with van der Waals surface area (Å²) in [6, 6.07) is 12.6. The van der Waals surface area contributed by atoms with Crippen molar-refractivity contribution in [1.29, 1.82) is 0 Å². The van der Waals surface area contributed by atoms with Gasteiger partial charge in [0.2, 0.25) is 0 Å². The average molecular weight is 268 g/mol. The molecule has 0 aliphatic rings. The second-order valence-electron chi connectivity index (χ2n) is 5.23. The van der Waals surface area contributed by atoms with E-state index in [2.05, 4.69) is 44.2 Å². The summed E-state index contributed by atoms with van der Waals surface area (Å²) >= 11 is 0. The lowest BCUT2D eigenvalue weighted by molar-refractivity contribution is 0.726. The third kappa shape index (κ3) is 4.16. The zero-order chi connectivity index (χ0) is 14.2. The largest absolute Gasteiger partial charge is 0.238 e. The summed E-state index contributed by atoms with van der Waals surface area (Å²) in [5.41, 5.74) is 3.44. The van der Waals surface area contributed by atoms with Crippen LogP contribution < -0.4 is 0 Å². The Bertz CT molecular complexity index is 494. The average Bonchev–Trinajstić information content (AvgIpc) is 2.51. The summed E-state index contributed by atoms with van der Waals surface area (Å²) in [4.78, 5) is 9.46. The monoisotopic (exact) mass is 268 g/mol. The van der Waals surface area contributed by atoms with Crippen LogP contribution in [-0.2, 0) is 12.8 Å². The number of aromatic nitrogens is 2. The van der Waals surface area contributed by atoms with Gasteiger partial charge in [0, 0.05) is 17.7 Å². The van der Waals surface area contributed by atoms with E-state index in [9.17, 15) is 0 Å². The Morgan fingerprint density at radius 3 is 2.25 bits per heavy atom. The number of hydrogen-bond donors (Lipinski definition) is 0. The third-order valence-electron chi connectivity index (χ3n) is 3.44. The molecule has 0 unspecified atom stereocenters. The van der Waals surface area contributed by atoms with Crippen molar-refractivity contribution in [3.05, 3.63) is 47.9 Å². The maximum Gasteiger partial charge on any atom is 0.129 e. The zero-order valence-electron chi connectivity index (χ0n) is 12.6. The van der Waals surface area contributed by atoms with Crippen LogP contribution in [0.5, 0.6) is 0 Å². The van der Waals surface area contributed by atoms with Gasteiger partial charge in [0.15, 0.2) is 0 Å². The van der Waals surface area contributed by atoms with E-state index in [1.807, 2.05) is 6.07 Å². The summed E-state index contributed by atoms with van der Waals surface area (Å²) in [5.74, 6) is 0.999. The number of rotatable bonds is 7. The fourth-order valence-electron chi connectivity index (χ4n) is 2.24. The quantitative estimate of drug-likeness (QED) is 0.719. The van der Waals surface area contributed by atoms with Crippen LogP contribution in [0.15, 0.2) is 36.4 Å². The van der Waals surface area contributed by atoms with Gasteiger partial charge in [0.1, 0.15) is 5.82 Å². The summed E-state index contributed by atoms with van der Waals surface area (Å²) < 4.78 is 0. The fourth-order valence-corrected chi connectivity index (χ4v) is 2.24. The van der Waals surface area contributed by atoms with Crippen LogP contribution in [-0.4, -0.2) is 9.97 Å². The Kier molecular flexibility index (Phi) is 5.72. The van der Waals surface area contributed by atoms with Crippen LogP contribution in [0, 0.1) is 0 Å². The Morgan fingerprint density at radius 2 is 1.55 bits per heavy atom. The van der Waals surface area contributed by atoms with Gasteiger partial charge in [0.25, 0.3) is 0 Å². The summed E-state index contributed by atoms with van der Waals surface area (Å²) in [6.45, 7) is 4.43. The number of aryl methyl sites for hydroxylation is 2. The van der Waals surface area contributed by atoms with Gasteiger partial charge < -0.3 is 0 Å². The van der Waals surface area contributed by atoms with E-state index in [-0.39, 0.29) is 0 Å². The summed E-state index contributed by atoms with van der Waals surface area (Å²) in [5, 5.41) is 0. The second kappa shape index (κ2) is 7.78. The number of benzene rings is 1. The molecule has 1 aromatic heterocycles. The van der Waals surface area contributed by atoms with Gasteiger partial charge in [-0.3, -0.25) is 0 Å². The molecule has 20 heavy (non-hydrogen) atoms. The lowest BCUT2D eigenvalue weighted by atomic mass is 10.1. The third-order valence-corrected chi connectivity index (χ3v) is 3.44. The molecule has 0 N–H and O–H groups in total. The highest BCUT2D eigenvalue weighted by molar-refractivity contribution is 5.59. The first kappa shape index (κ1) is 14.7. The first-order chi connectivity index (χ1) is 9.83. The smallest absolute Gasteiger partial charge is 0.129 e. The van der Waals surface area contributed by atoms with E-state index in [4.69, 9.17) is 9.97 Å². The molecular weight excluding hydrogens is 244 g/mol. The second-order valence-corrected chi connectivity index (χ2v) is 5.23. The molecule has 2 heteroatoms. The summed E-state index contributed by atoms with van der Waals surface area (Å²) in [7, 11) is 0. The van der Waals surface area contributed by atoms with Crippen LogP contribution in [0.25, 0.3) is 11.3 Å². The maximum absolute atomic E-state index is 4.74. The highest BCUT2D eigenvalue weighted by Gasteiger charge is 2.06. The van der Waals surface area contributed by atoms with Crippen LogP contribution in [0.2, 0.25) is 0 Å². The lowest BCUT2D eigenvalue weighted by Crippen LogP contribution is -2.02. The van der Waals surface area contributed by atoms with Crippen LogP contribution in [0.4, 0.5) is 0 Å². The Hall–Kier alpha value is -1.70. The van der Waals surface area contributed by atoms with Gasteiger partial charge in [0.05, 0.1) is 5.69 Å². The first-order valence-electron chi connectivity index (χ1n) is 7.75. The highest BCUT2D eigenvalue weighted by atomic mass is 14.9. The minimum atomic E-state index is 0.982. The molecule has 2 aromatic rings. The standard InChI is InChI=1S/C18H24N2/c1-3-5-12-16-14-17(15-10-8-7-9-11-15)20-18(19-16)13-6-4-2/h7-11,14H,3-6,12-13H2,1-2H3.